The van der Waals surface area contributed by atoms with Gasteiger partial charge in [0.05, 0.1) is 46.9 Å². The number of benzene rings is 2. The Kier molecular flexibility index (Phi) is 5.77. The lowest BCUT2D eigenvalue weighted by Gasteiger charge is -2.13. The number of rotatable bonds is 8. The number of nitrogens with one attached hydrogen (secondary N) is 1. The topological polar surface area (TPSA) is 91.9 Å². The second-order valence-corrected chi connectivity index (χ2v) is 7.12. The van der Waals surface area contributed by atoms with Gasteiger partial charge in [0.25, 0.3) is 0 Å². The lowest BCUT2D eigenvalue weighted by atomic mass is 10.1. The molecule has 1 N–H and O–H groups in total. The normalized spacial score (nSPS) is 11.8. The Balaban J connectivity index is 1.63. The fraction of sp³-hybridized carbons (Fsp3) is 0.250. The molecule has 0 amide bonds. The van der Waals surface area contributed by atoms with Crippen LogP contribution < -0.4 is 23.7 Å². The van der Waals surface area contributed by atoms with E-state index in [1.165, 1.54) is 27.4 Å². The Morgan fingerprint density at radius 3 is 2.09 bits per heavy atom. The summed E-state index contributed by atoms with van der Waals surface area (Å²) in [5.74, 6) is 2.40. The van der Waals surface area contributed by atoms with Gasteiger partial charge in [0.1, 0.15) is 0 Å². The number of nitrogens with zero attached hydrogens (tertiary/aromatic N) is 1. The molecule has 2 aromatic carbocycles. The number of fused-ring (bicyclic) bond motifs is 3. The summed E-state index contributed by atoms with van der Waals surface area (Å²) in [4.78, 5) is 12.9. The van der Waals surface area contributed by atoms with Crippen LogP contribution >= 0.6 is 0 Å². The quantitative estimate of drug-likeness (QED) is 0.331. The third-order valence-electron chi connectivity index (χ3n) is 5.48. The Morgan fingerprint density at radius 1 is 0.875 bits per heavy atom. The molecule has 0 bridgehead atoms. The van der Waals surface area contributed by atoms with Crippen LogP contribution in [0.25, 0.3) is 17.3 Å². The second kappa shape index (κ2) is 8.66. The van der Waals surface area contributed by atoms with Crippen molar-refractivity contribution in [2.75, 3.05) is 35.5 Å². The zero-order chi connectivity index (χ0) is 22.8. The van der Waals surface area contributed by atoms with Crippen molar-refractivity contribution >= 4 is 11.9 Å². The number of hydrogen-bond donors (Lipinski definition) is 1. The lowest BCUT2D eigenvalue weighted by Crippen LogP contribution is -2.00. The van der Waals surface area contributed by atoms with Gasteiger partial charge in [-0.25, -0.2) is 0 Å². The standard InChI is InChI=1S/C24H24N2O6/c1-28-19-9-13-8-16-17(25-26-23(16)15(13)12-20(19)29-2)6-7-18(27)14-10-21(30-3)24(32-5)22(11-14)31-4/h6-7,9-12H,8H2,1-5H3,(H,25,26)/b7-6+. The zero-order valence-corrected chi connectivity index (χ0v) is 18.6. The summed E-state index contributed by atoms with van der Waals surface area (Å²) in [7, 11) is 7.76. The SMILES string of the molecule is COc1cc2c(cc1OC)-c1n[nH]c(/C=C/C(=O)c3cc(OC)c(OC)c(OC)c3)c1C2. The van der Waals surface area contributed by atoms with Gasteiger partial charge in [0, 0.05) is 23.1 Å². The maximum Gasteiger partial charge on any atom is 0.203 e. The van der Waals surface area contributed by atoms with Crippen molar-refractivity contribution in [2.45, 2.75) is 6.42 Å². The summed E-state index contributed by atoms with van der Waals surface area (Å²) in [6, 6.07) is 7.14. The second-order valence-electron chi connectivity index (χ2n) is 7.12. The number of allylic oxidation sites excluding steroid dienone is 1. The maximum absolute atomic E-state index is 12.9. The minimum absolute atomic E-state index is 0.202. The number of aromatic amines is 1. The molecule has 0 saturated carbocycles. The van der Waals surface area contributed by atoms with Gasteiger partial charge in [-0.3, -0.25) is 9.89 Å². The highest BCUT2D eigenvalue weighted by atomic mass is 16.5. The number of carbonyl (C=O) groups is 1. The molecule has 1 heterocycles. The molecule has 8 nitrogen and oxygen atoms in total. The van der Waals surface area contributed by atoms with Crippen LogP contribution in [0.5, 0.6) is 28.7 Å². The number of aromatic nitrogens is 2. The molecule has 166 valence electrons. The highest BCUT2D eigenvalue weighted by Crippen LogP contribution is 2.43. The fourth-order valence-electron chi connectivity index (χ4n) is 3.88. The summed E-state index contributed by atoms with van der Waals surface area (Å²) < 4.78 is 26.8. The molecule has 32 heavy (non-hydrogen) atoms. The average Bonchev–Trinajstić information content (AvgIpc) is 3.39. The summed E-state index contributed by atoms with van der Waals surface area (Å²) in [6.07, 6.45) is 3.91. The number of ether oxygens (including phenoxy) is 5. The smallest absolute Gasteiger partial charge is 0.203 e. The minimum Gasteiger partial charge on any atom is -0.493 e. The van der Waals surface area contributed by atoms with Gasteiger partial charge in [0.15, 0.2) is 28.8 Å². The molecule has 0 radical (unpaired) electrons. The van der Waals surface area contributed by atoms with Gasteiger partial charge >= 0.3 is 0 Å². The van der Waals surface area contributed by atoms with Crippen LogP contribution in [0.4, 0.5) is 0 Å². The van der Waals surface area contributed by atoms with Crippen LogP contribution in [0.2, 0.25) is 0 Å². The van der Waals surface area contributed by atoms with Gasteiger partial charge in [-0.2, -0.15) is 5.10 Å². The number of ketones is 1. The summed E-state index contributed by atoms with van der Waals surface area (Å²) in [5, 5.41) is 7.48. The first-order valence-corrected chi connectivity index (χ1v) is 9.89. The van der Waals surface area contributed by atoms with Gasteiger partial charge < -0.3 is 23.7 Å². The first kappa shape index (κ1) is 21.3. The summed E-state index contributed by atoms with van der Waals surface area (Å²) in [6.45, 7) is 0. The molecule has 1 aromatic heterocycles. The monoisotopic (exact) mass is 436 g/mol. The summed E-state index contributed by atoms with van der Waals surface area (Å²) in [5.41, 5.74) is 5.15. The van der Waals surface area contributed by atoms with Crippen molar-refractivity contribution in [3.05, 3.63) is 52.7 Å². The number of methoxy groups -OCH3 is 5. The fourth-order valence-corrected chi connectivity index (χ4v) is 3.88. The van der Waals surface area contributed by atoms with Crippen molar-refractivity contribution < 1.29 is 28.5 Å². The highest BCUT2D eigenvalue weighted by molar-refractivity contribution is 6.07. The van der Waals surface area contributed by atoms with E-state index in [9.17, 15) is 4.79 Å². The average molecular weight is 436 g/mol. The number of hydrogen-bond acceptors (Lipinski definition) is 7. The Morgan fingerprint density at radius 2 is 1.50 bits per heavy atom. The van der Waals surface area contributed by atoms with Crippen LogP contribution in [0.15, 0.2) is 30.3 Å². The molecule has 0 aliphatic heterocycles. The van der Waals surface area contributed by atoms with E-state index >= 15 is 0 Å². The predicted octanol–water partition coefficient (Wildman–Crippen LogP) is 3.92. The molecule has 3 aromatic rings. The van der Waals surface area contributed by atoms with Gasteiger partial charge in [-0.15, -0.1) is 0 Å². The van der Waals surface area contributed by atoms with Crippen LogP contribution in [0.1, 0.15) is 27.2 Å². The molecule has 0 saturated heterocycles. The largest absolute Gasteiger partial charge is 0.493 e. The van der Waals surface area contributed by atoms with E-state index in [0.717, 1.165) is 28.1 Å². The van der Waals surface area contributed by atoms with E-state index in [-0.39, 0.29) is 5.78 Å². The van der Waals surface area contributed by atoms with E-state index in [1.54, 1.807) is 32.4 Å². The molecule has 0 unspecified atom stereocenters. The molecule has 1 aliphatic rings. The maximum atomic E-state index is 12.9. The Labute approximate surface area is 185 Å². The van der Waals surface area contributed by atoms with Crippen LogP contribution in [-0.2, 0) is 6.42 Å². The van der Waals surface area contributed by atoms with Crippen molar-refractivity contribution in [2.24, 2.45) is 0 Å². The molecular weight excluding hydrogens is 412 g/mol. The highest BCUT2D eigenvalue weighted by Gasteiger charge is 2.26. The van der Waals surface area contributed by atoms with Crippen LogP contribution in [0.3, 0.4) is 0 Å². The lowest BCUT2D eigenvalue weighted by molar-refractivity contribution is 0.104. The molecule has 1 aliphatic carbocycles. The summed E-state index contributed by atoms with van der Waals surface area (Å²) >= 11 is 0. The van der Waals surface area contributed by atoms with Gasteiger partial charge in [-0.05, 0) is 42.0 Å². The van der Waals surface area contributed by atoms with E-state index in [1.807, 2.05) is 12.1 Å². The number of H-pyrrole nitrogens is 1. The van der Waals surface area contributed by atoms with Crippen LogP contribution in [0, 0.1) is 0 Å². The van der Waals surface area contributed by atoms with Gasteiger partial charge in [-0.1, -0.05) is 0 Å². The first-order valence-electron chi connectivity index (χ1n) is 9.89. The number of carbonyl (C=O) groups excluding carboxylic acids is 1. The van der Waals surface area contributed by atoms with E-state index in [2.05, 4.69) is 10.2 Å². The van der Waals surface area contributed by atoms with Crippen molar-refractivity contribution in [3.63, 3.8) is 0 Å². The molecule has 0 spiro atoms. The van der Waals surface area contributed by atoms with Crippen molar-refractivity contribution in [1.29, 1.82) is 0 Å². The molecule has 4 rings (SSSR count). The predicted molar refractivity (Wildman–Crippen MR) is 119 cm³/mol. The third kappa shape index (κ3) is 3.53. The van der Waals surface area contributed by atoms with Crippen LogP contribution in [-0.4, -0.2) is 51.5 Å². The molecule has 8 heteroatoms. The van der Waals surface area contributed by atoms with Gasteiger partial charge in [0.2, 0.25) is 5.75 Å². The minimum atomic E-state index is -0.202. The Hall–Kier alpha value is -3.94. The Bertz CT molecular complexity index is 1190. The van der Waals surface area contributed by atoms with E-state index < -0.39 is 0 Å². The zero-order valence-electron chi connectivity index (χ0n) is 18.6. The third-order valence-corrected chi connectivity index (χ3v) is 5.48. The first-order chi connectivity index (χ1) is 15.5. The van der Waals surface area contributed by atoms with E-state index in [0.29, 0.717) is 40.7 Å². The molecular formula is C24H24N2O6. The van der Waals surface area contributed by atoms with Crippen molar-refractivity contribution in [3.8, 4) is 40.0 Å². The molecule has 0 atom stereocenters. The van der Waals surface area contributed by atoms with E-state index in [4.69, 9.17) is 23.7 Å². The van der Waals surface area contributed by atoms with Crippen molar-refractivity contribution in [1.82, 2.24) is 10.2 Å². The molecule has 0 fully saturated rings.